The molecule has 0 spiro atoms. The number of anilines is 1. The Morgan fingerprint density at radius 1 is 1.29 bits per heavy atom. The van der Waals surface area contributed by atoms with Gasteiger partial charge in [-0.3, -0.25) is 4.90 Å². The zero-order chi connectivity index (χ0) is 18.1. The molecule has 132 valence electrons. The molecule has 0 aliphatic rings. The van der Waals surface area contributed by atoms with E-state index >= 15 is 0 Å². The van der Waals surface area contributed by atoms with Crippen LogP contribution in [0.3, 0.4) is 0 Å². The van der Waals surface area contributed by atoms with Crippen molar-refractivity contribution in [3.63, 3.8) is 0 Å². The fraction of sp³-hybridized carbons (Fsp3) is 0.375. The lowest BCUT2D eigenvalue weighted by Crippen LogP contribution is -2.44. The molecule has 1 amide bonds. The molecule has 8 nitrogen and oxygen atoms in total. The van der Waals surface area contributed by atoms with Crippen LogP contribution < -0.4 is 11.0 Å². The molecule has 0 aromatic heterocycles. The first-order valence-corrected chi connectivity index (χ1v) is 7.36. The van der Waals surface area contributed by atoms with Crippen molar-refractivity contribution < 1.29 is 19.4 Å². The molecular formula is C16H24N4O4. The molecule has 1 aromatic carbocycles. The summed E-state index contributed by atoms with van der Waals surface area (Å²) >= 11 is 0. The van der Waals surface area contributed by atoms with Crippen LogP contribution in [0.1, 0.15) is 5.56 Å². The maximum absolute atomic E-state index is 11.8. The SMILES string of the molecule is C=CCOC(=O)N(C)[C@@H](Cc1ccc(NNN(C)C)cc1)C(=O)O. The number of amides is 1. The Morgan fingerprint density at radius 3 is 2.42 bits per heavy atom. The van der Waals surface area contributed by atoms with Gasteiger partial charge in [-0.15, -0.1) is 0 Å². The highest BCUT2D eigenvalue weighted by atomic mass is 16.6. The highest BCUT2D eigenvalue weighted by molar-refractivity contribution is 5.80. The number of rotatable bonds is 9. The van der Waals surface area contributed by atoms with Crippen LogP contribution in [-0.2, 0) is 16.0 Å². The highest BCUT2D eigenvalue weighted by Gasteiger charge is 2.27. The molecule has 0 heterocycles. The van der Waals surface area contributed by atoms with E-state index < -0.39 is 18.1 Å². The molecule has 8 heteroatoms. The van der Waals surface area contributed by atoms with Crippen LogP contribution in [-0.4, -0.2) is 60.9 Å². The third-order valence-corrected chi connectivity index (χ3v) is 3.17. The third kappa shape index (κ3) is 6.27. The predicted octanol–water partition coefficient (Wildman–Crippen LogP) is 1.33. The Morgan fingerprint density at radius 2 is 1.92 bits per heavy atom. The highest BCUT2D eigenvalue weighted by Crippen LogP contribution is 2.13. The molecular weight excluding hydrogens is 312 g/mol. The Kier molecular flexibility index (Phi) is 7.73. The van der Waals surface area contributed by atoms with Crippen LogP contribution in [0.5, 0.6) is 0 Å². The fourth-order valence-electron chi connectivity index (χ4n) is 1.87. The number of nitrogens with zero attached hydrogens (tertiary/aromatic N) is 2. The summed E-state index contributed by atoms with van der Waals surface area (Å²) in [5.41, 5.74) is 7.51. The maximum Gasteiger partial charge on any atom is 0.410 e. The summed E-state index contributed by atoms with van der Waals surface area (Å²) in [4.78, 5) is 24.4. The number of hydrogen-bond donors (Lipinski definition) is 3. The summed E-state index contributed by atoms with van der Waals surface area (Å²) in [5.74, 6) is -1.09. The minimum atomic E-state index is -1.09. The number of carbonyl (C=O) groups excluding carboxylic acids is 1. The van der Waals surface area contributed by atoms with Gasteiger partial charge in [-0.1, -0.05) is 24.8 Å². The average Bonchev–Trinajstić information content (AvgIpc) is 2.55. The van der Waals surface area contributed by atoms with Gasteiger partial charge in [0, 0.05) is 27.6 Å². The summed E-state index contributed by atoms with van der Waals surface area (Å²) in [5, 5.41) is 11.1. The number of hydrogen-bond acceptors (Lipinski definition) is 6. The first-order chi connectivity index (χ1) is 11.3. The minimum Gasteiger partial charge on any atom is -0.480 e. The number of carbonyl (C=O) groups is 2. The second-order valence-electron chi connectivity index (χ2n) is 5.36. The first-order valence-electron chi connectivity index (χ1n) is 7.36. The molecule has 1 atom stereocenters. The monoisotopic (exact) mass is 336 g/mol. The number of likely N-dealkylation sites (N-methyl/N-ethyl adjacent to an activating group) is 1. The molecule has 0 radical (unpaired) electrons. The van der Waals surface area contributed by atoms with Crippen LogP contribution >= 0.6 is 0 Å². The van der Waals surface area contributed by atoms with E-state index in [1.165, 1.54) is 13.1 Å². The Bertz CT molecular complexity index is 560. The lowest BCUT2D eigenvalue weighted by molar-refractivity contribution is -0.142. The van der Waals surface area contributed by atoms with E-state index in [9.17, 15) is 14.7 Å². The number of nitrogens with one attached hydrogen (secondary N) is 2. The molecule has 24 heavy (non-hydrogen) atoms. The number of ether oxygens (including phenoxy) is 1. The zero-order valence-electron chi connectivity index (χ0n) is 14.2. The van der Waals surface area contributed by atoms with Crippen LogP contribution in [0.25, 0.3) is 0 Å². The smallest absolute Gasteiger partial charge is 0.410 e. The summed E-state index contributed by atoms with van der Waals surface area (Å²) in [6.45, 7) is 3.48. The van der Waals surface area contributed by atoms with Gasteiger partial charge in [0.25, 0.3) is 0 Å². The van der Waals surface area contributed by atoms with Crippen molar-refractivity contribution in [3.8, 4) is 0 Å². The van der Waals surface area contributed by atoms with Crippen molar-refractivity contribution in [2.45, 2.75) is 12.5 Å². The molecule has 0 unspecified atom stereocenters. The second-order valence-corrected chi connectivity index (χ2v) is 5.36. The molecule has 0 bridgehead atoms. The van der Waals surface area contributed by atoms with Crippen molar-refractivity contribution in [2.75, 3.05) is 33.2 Å². The minimum absolute atomic E-state index is 0.0365. The van der Waals surface area contributed by atoms with Gasteiger partial charge < -0.3 is 15.3 Å². The van der Waals surface area contributed by atoms with Crippen molar-refractivity contribution in [1.82, 2.24) is 15.4 Å². The summed E-state index contributed by atoms with van der Waals surface area (Å²) in [6.07, 6.45) is 0.904. The number of carboxylic acid groups (broad SMARTS) is 1. The van der Waals surface area contributed by atoms with Crippen molar-refractivity contribution >= 4 is 17.7 Å². The van der Waals surface area contributed by atoms with Gasteiger partial charge in [-0.05, 0) is 17.7 Å². The lowest BCUT2D eigenvalue weighted by atomic mass is 10.0. The predicted molar refractivity (Wildman–Crippen MR) is 91.3 cm³/mol. The maximum atomic E-state index is 11.8. The molecule has 1 rings (SSSR count). The topological polar surface area (TPSA) is 94.1 Å². The first kappa shape index (κ1) is 19.5. The van der Waals surface area contributed by atoms with Crippen molar-refractivity contribution in [1.29, 1.82) is 0 Å². The van der Waals surface area contributed by atoms with Gasteiger partial charge in [0.1, 0.15) is 12.6 Å². The number of aliphatic carboxylic acids is 1. The molecule has 0 fully saturated rings. The molecule has 0 aliphatic heterocycles. The van der Waals surface area contributed by atoms with Crippen LogP contribution in [0.2, 0.25) is 0 Å². The van der Waals surface area contributed by atoms with Gasteiger partial charge in [0.2, 0.25) is 0 Å². The molecule has 0 aliphatic carbocycles. The largest absolute Gasteiger partial charge is 0.480 e. The molecule has 1 aromatic rings. The second kappa shape index (κ2) is 9.53. The van der Waals surface area contributed by atoms with E-state index in [-0.39, 0.29) is 13.0 Å². The Hall–Kier alpha value is -2.58. The van der Waals surface area contributed by atoms with Crippen molar-refractivity contribution in [3.05, 3.63) is 42.5 Å². The normalized spacial score (nSPS) is 11.7. The fourth-order valence-corrected chi connectivity index (χ4v) is 1.87. The number of benzene rings is 1. The van der Waals surface area contributed by atoms with Gasteiger partial charge in [0.05, 0.1) is 5.69 Å². The van der Waals surface area contributed by atoms with E-state index in [1.54, 1.807) is 17.1 Å². The lowest BCUT2D eigenvalue weighted by Gasteiger charge is -2.24. The van der Waals surface area contributed by atoms with Gasteiger partial charge in [-0.2, -0.15) is 5.53 Å². The third-order valence-electron chi connectivity index (χ3n) is 3.17. The van der Waals surface area contributed by atoms with Gasteiger partial charge >= 0.3 is 12.1 Å². The van der Waals surface area contributed by atoms with E-state index in [2.05, 4.69) is 17.5 Å². The summed E-state index contributed by atoms with van der Waals surface area (Å²) < 4.78 is 4.88. The quantitative estimate of drug-likeness (QED) is 0.462. The Labute approximate surface area is 141 Å². The van der Waals surface area contributed by atoms with Crippen molar-refractivity contribution in [2.24, 2.45) is 0 Å². The van der Waals surface area contributed by atoms with E-state index in [1.807, 2.05) is 26.2 Å². The van der Waals surface area contributed by atoms with Crippen LogP contribution in [0, 0.1) is 0 Å². The number of hydrazine groups is 2. The number of carboxylic acids is 1. The summed E-state index contributed by atoms with van der Waals surface area (Å²) in [6, 6.07) is 6.24. The Balaban J connectivity index is 2.72. The standard InChI is InChI=1S/C16H24N4O4/c1-5-10-24-16(23)20(4)14(15(21)22)11-12-6-8-13(9-7-12)17-18-19(2)3/h5-9,14,17-18H,1,10-11H2,2-4H3,(H,21,22)/t14-/m0/s1. The molecule has 0 saturated heterocycles. The zero-order valence-corrected chi connectivity index (χ0v) is 14.2. The van der Waals surface area contributed by atoms with Crippen LogP contribution in [0.4, 0.5) is 10.5 Å². The average molecular weight is 336 g/mol. The van der Waals surface area contributed by atoms with E-state index in [0.29, 0.717) is 0 Å². The molecule has 0 saturated carbocycles. The summed E-state index contributed by atoms with van der Waals surface area (Å²) in [7, 11) is 5.10. The van der Waals surface area contributed by atoms with E-state index in [0.717, 1.165) is 16.2 Å². The van der Waals surface area contributed by atoms with E-state index in [4.69, 9.17) is 4.74 Å². The molecule has 3 N–H and O–H groups in total. The van der Waals surface area contributed by atoms with Gasteiger partial charge in [-0.25, -0.2) is 14.6 Å². The van der Waals surface area contributed by atoms with Gasteiger partial charge in [0.15, 0.2) is 0 Å². The van der Waals surface area contributed by atoms with Crippen LogP contribution in [0.15, 0.2) is 36.9 Å².